The molecule has 0 saturated heterocycles. The van der Waals surface area contributed by atoms with Crippen LogP contribution in [0, 0.1) is 5.92 Å². The second kappa shape index (κ2) is 5.83. The lowest BCUT2D eigenvalue weighted by Gasteiger charge is -2.35. The zero-order valence-corrected chi connectivity index (χ0v) is 11.6. The van der Waals surface area contributed by atoms with Crippen molar-refractivity contribution in [2.45, 2.75) is 44.4 Å². The molecule has 2 fully saturated rings. The van der Waals surface area contributed by atoms with Crippen molar-refractivity contribution in [3.05, 3.63) is 35.9 Å². The van der Waals surface area contributed by atoms with Gasteiger partial charge in [-0.25, -0.2) is 4.79 Å². The van der Waals surface area contributed by atoms with Gasteiger partial charge in [-0.3, -0.25) is 0 Å². The predicted molar refractivity (Wildman–Crippen MR) is 75.1 cm³/mol. The summed E-state index contributed by atoms with van der Waals surface area (Å²) in [6.45, 7) is 1.06. The molecule has 1 N–H and O–H groups in total. The fraction of sp³-hybridized carbons (Fsp3) is 0.562. The number of carbonyl (C=O) groups is 1. The molecular formula is C16H21NO3. The highest BCUT2D eigenvalue weighted by molar-refractivity contribution is 5.68. The molecule has 3 rings (SSSR count). The normalized spacial score (nSPS) is 24.9. The maximum absolute atomic E-state index is 12.2. The molecule has 2 aliphatic carbocycles. The Bertz CT molecular complexity index is 452. The van der Waals surface area contributed by atoms with Gasteiger partial charge in [-0.2, -0.15) is 0 Å². The maximum Gasteiger partial charge on any atom is 0.410 e. The van der Waals surface area contributed by atoms with E-state index in [4.69, 9.17) is 4.74 Å². The third-order valence-electron chi connectivity index (χ3n) is 4.09. The molecule has 0 heterocycles. The predicted octanol–water partition coefficient (Wildman–Crippen LogP) is 2.56. The molecule has 20 heavy (non-hydrogen) atoms. The number of amides is 1. The Morgan fingerprint density at radius 3 is 2.55 bits per heavy atom. The number of aliphatic hydroxyl groups excluding tert-OH is 1. The van der Waals surface area contributed by atoms with Crippen molar-refractivity contribution in [3.63, 3.8) is 0 Å². The fourth-order valence-electron chi connectivity index (χ4n) is 2.69. The van der Waals surface area contributed by atoms with E-state index in [0.29, 0.717) is 18.6 Å². The van der Waals surface area contributed by atoms with Gasteiger partial charge in [0.25, 0.3) is 0 Å². The molecule has 108 valence electrons. The Morgan fingerprint density at radius 1 is 1.25 bits per heavy atom. The van der Waals surface area contributed by atoms with Crippen LogP contribution in [0.2, 0.25) is 0 Å². The zero-order valence-electron chi connectivity index (χ0n) is 11.6. The molecule has 0 radical (unpaired) electrons. The van der Waals surface area contributed by atoms with Crippen molar-refractivity contribution in [1.29, 1.82) is 0 Å². The Labute approximate surface area is 119 Å². The van der Waals surface area contributed by atoms with E-state index in [-0.39, 0.29) is 12.2 Å². The highest BCUT2D eigenvalue weighted by Gasteiger charge is 2.38. The minimum atomic E-state index is -0.210. The van der Waals surface area contributed by atoms with Gasteiger partial charge in [0.1, 0.15) is 6.61 Å². The zero-order chi connectivity index (χ0) is 13.9. The van der Waals surface area contributed by atoms with Gasteiger partial charge in [-0.05, 0) is 37.2 Å². The largest absolute Gasteiger partial charge is 0.445 e. The van der Waals surface area contributed by atoms with Gasteiger partial charge in [-0.15, -0.1) is 0 Å². The highest BCUT2D eigenvalue weighted by Crippen LogP contribution is 2.33. The van der Waals surface area contributed by atoms with Gasteiger partial charge in [0.15, 0.2) is 0 Å². The number of rotatable bonds is 5. The van der Waals surface area contributed by atoms with E-state index in [1.807, 2.05) is 35.2 Å². The average molecular weight is 275 g/mol. The summed E-state index contributed by atoms with van der Waals surface area (Å²) in [6, 6.07) is 10.1. The SMILES string of the molecule is O=C(OCc1ccccc1)N(CC1CC(O)C1)C1CC1. The van der Waals surface area contributed by atoms with E-state index in [1.54, 1.807) is 0 Å². The van der Waals surface area contributed by atoms with Crippen LogP contribution >= 0.6 is 0 Å². The quantitative estimate of drug-likeness (QED) is 0.898. The number of aliphatic hydroxyl groups is 1. The third kappa shape index (κ3) is 3.31. The standard InChI is InChI=1S/C16H21NO3/c18-15-8-13(9-15)10-17(14-6-7-14)16(19)20-11-12-4-2-1-3-5-12/h1-5,13-15,18H,6-11H2. The van der Waals surface area contributed by atoms with Crippen LogP contribution in [-0.4, -0.2) is 34.8 Å². The van der Waals surface area contributed by atoms with E-state index in [1.165, 1.54) is 0 Å². The maximum atomic E-state index is 12.2. The monoisotopic (exact) mass is 275 g/mol. The first-order chi connectivity index (χ1) is 9.72. The van der Waals surface area contributed by atoms with Crippen LogP contribution in [-0.2, 0) is 11.3 Å². The second-order valence-corrected chi connectivity index (χ2v) is 5.91. The number of benzene rings is 1. The van der Waals surface area contributed by atoms with Crippen LogP contribution in [0.25, 0.3) is 0 Å². The number of carbonyl (C=O) groups excluding carboxylic acids is 1. The van der Waals surface area contributed by atoms with Crippen molar-refractivity contribution >= 4 is 6.09 Å². The first kappa shape index (κ1) is 13.4. The Morgan fingerprint density at radius 2 is 1.95 bits per heavy atom. The lowest BCUT2D eigenvalue weighted by molar-refractivity contribution is 0.0185. The smallest absolute Gasteiger partial charge is 0.410 e. The minimum absolute atomic E-state index is 0.165. The number of nitrogens with zero attached hydrogens (tertiary/aromatic N) is 1. The lowest BCUT2D eigenvalue weighted by atomic mass is 9.82. The Balaban J connectivity index is 1.50. The molecule has 1 aromatic carbocycles. The summed E-state index contributed by atoms with van der Waals surface area (Å²) in [5.41, 5.74) is 1.01. The summed E-state index contributed by atoms with van der Waals surface area (Å²) in [7, 11) is 0. The summed E-state index contributed by atoms with van der Waals surface area (Å²) in [4.78, 5) is 14.1. The van der Waals surface area contributed by atoms with Crippen molar-refractivity contribution in [1.82, 2.24) is 4.90 Å². The van der Waals surface area contributed by atoms with E-state index < -0.39 is 0 Å². The molecule has 4 heteroatoms. The topological polar surface area (TPSA) is 49.8 Å². The van der Waals surface area contributed by atoms with E-state index in [2.05, 4.69) is 0 Å². The molecule has 0 unspecified atom stereocenters. The van der Waals surface area contributed by atoms with E-state index in [0.717, 1.165) is 37.8 Å². The first-order valence-corrected chi connectivity index (χ1v) is 7.38. The van der Waals surface area contributed by atoms with E-state index in [9.17, 15) is 9.90 Å². The van der Waals surface area contributed by atoms with Gasteiger partial charge in [0, 0.05) is 12.6 Å². The van der Waals surface area contributed by atoms with Crippen LogP contribution in [0.4, 0.5) is 4.79 Å². The van der Waals surface area contributed by atoms with Crippen molar-refractivity contribution in [2.75, 3.05) is 6.54 Å². The summed E-state index contributed by atoms with van der Waals surface area (Å²) >= 11 is 0. The van der Waals surface area contributed by atoms with Gasteiger partial charge in [0.2, 0.25) is 0 Å². The van der Waals surface area contributed by atoms with Crippen molar-refractivity contribution in [2.24, 2.45) is 5.92 Å². The number of ether oxygens (including phenoxy) is 1. The highest BCUT2D eigenvalue weighted by atomic mass is 16.6. The van der Waals surface area contributed by atoms with E-state index >= 15 is 0 Å². The molecule has 1 aromatic rings. The molecule has 0 atom stereocenters. The molecule has 0 spiro atoms. The molecule has 0 bridgehead atoms. The summed E-state index contributed by atoms with van der Waals surface area (Å²) in [5.74, 6) is 0.440. The summed E-state index contributed by atoms with van der Waals surface area (Å²) in [5, 5.41) is 9.34. The van der Waals surface area contributed by atoms with Crippen molar-refractivity contribution in [3.8, 4) is 0 Å². The summed E-state index contributed by atoms with van der Waals surface area (Å²) in [6.07, 6.45) is 3.41. The molecule has 0 aromatic heterocycles. The van der Waals surface area contributed by atoms with Crippen LogP contribution in [0.1, 0.15) is 31.2 Å². The van der Waals surface area contributed by atoms with Crippen LogP contribution in [0.15, 0.2) is 30.3 Å². The minimum Gasteiger partial charge on any atom is -0.445 e. The van der Waals surface area contributed by atoms with Crippen LogP contribution in [0.3, 0.4) is 0 Å². The van der Waals surface area contributed by atoms with Crippen LogP contribution in [0.5, 0.6) is 0 Å². The molecule has 0 aliphatic heterocycles. The molecular weight excluding hydrogens is 254 g/mol. The molecule has 2 saturated carbocycles. The van der Waals surface area contributed by atoms with Gasteiger partial charge < -0.3 is 14.7 Å². The molecule has 2 aliphatic rings. The fourth-order valence-corrected chi connectivity index (χ4v) is 2.69. The van der Waals surface area contributed by atoms with Gasteiger partial charge in [0.05, 0.1) is 6.10 Å². The lowest BCUT2D eigenvalue weighted by Crippen LogP contribution is -2.42. The van der Waals surface area contributed by atoms with Crippen molar-refractivity contribution < 1.29 is 14.6 Å². The molecule has 4 nitrogen and oxygen atoms in total. The average Bonchev–Trinajstić information content (AvgIpc) is 3.25. The molecule has 1 amide bonds. The van der Waals surface area contributed by atoms with Gasteiger partial charge >= 0.3 is 6.09 Å². The Kier molecular flexibility index (Phi) is 3.92. The number of hydrogen-bond acceptors (Lipinski definition) is 3. The number of hydrogen-bond donors (Lipinski definition) is 1. The van der Waals surface area contributed by atoms with Crippen LogP contribution < -0.4 is 0 Å². The third-order valence-corrected chi connectivity index (χ3v) is 4.09. The van der Waals surface area contributed by atoms with Gasteiger partial charge in [-0.1, -0.05) is 30.3 Å². The first-order valence-electron chi connectivity index (χ1n) is 7.38. The second-order valence-electron chi connectivity index (χ2n) is 5.91. The summed E-state index contributed by atoms with van der Waals surface area (Å²) < 4.78 is 5.41. The Hall–Kier alpha value is -1.55.